The van der Waals surface area contributed by atoms with Gasteiger partial charge >= 0.3 is 0 Å². The van der Waals surface area contributed by atoms with Crippen LogP contribution in [0.15, 0.2) is 0 Å². The highest BCUT2D eigenvalue weighted by molar-refractivity contribution is 4.78. The number of hydrogen-bond donors (Lipinski definition) is 0. The van der Waals surface area contributed by atoms with E-state index in [1.807, 2.05) is 0 Å². The molecule has 0 aliphatic carbocycles. The highest BCUT2D eigenvalue weighted by Crippen LogP contribution is 2.31. The van der Waals surface area contributed by atoms with Crippen molar-refractivity contribution in [2.75, 3.05) is 19.6 Å². The van der Waals surface area contributed by atoms with Crippen molar-refractivity contribution in [2.45, 2.75) is 60.8 Å². The average molecular weight is 225 g/mol. The Labute approximate surface area is 103 Å². The molecule has 0 aromatic rings. The maximum atomic E-state index is 2.65. The lowest BCUT2D eigenvalue weighted by atomic mass is 9.80. The molecule has 0 radical (unpaired) electrons. The molecule has 0 spiro atoms. The first-order chi connectivity index (χ1) is 7.16. The van der Waals surface area contributed by atoms with Crippen molar-refractivity contribution in [1.29, 1.82) is 0 Å². The summed E-state index contributed by atoms with van der Waals surface area (Å²) in [5, 5.41) is 0. The van der Waals surface area contributed by atoms with Crippen LogP contribution in [0, 0.1) is 16.7 Å². The van der Waals surface area contributed by atoms with Crippen LogP contribution in [0.4, 0.5) is 0 Å². The van der Waals surface area contributed by atoms with E-state index in [2.05, 4.69) is 46.4 Å². The van der Waals surface area contributed by atoms with Crippen LogP contribution >= 0.6 is 0 Å². The van der Waals surface area contributed by atoms with Crippen molar-refractivity contribution >= 4 is 0 Å². The van der Waals surface area contributed by atoms with Gasteiger partial charge in [-0.2, -0.15) is 0 Å². The molecular weight excluding hydrogens is 194 g/mol. The monoisotopic (exact) mass is 225 g/mol. The average Bonchev–Trinajstić information content (AvgIpc) is 2.03. The molecule has 16 heavy (non-hydrogen) atoms. The van der Waals surface area contributed by atoms with Gasteiger partial charge in [-0.15, -0.1) is 0 Å². The number of piperidine rings is 1. The van der Waals surface area contributed by atoms with Gasteiger partial charge in [-0.25, -0.2) is 0 Å². The quantitative estimate of drug-likeness (QED) is 0.681. The molecule has 0 amide bonds. The second-order valence-electron chi connectivity index (χ2n) is 8.04. The predicted molar refractivity (Wildman–Crippen MR) is 72.7 cm³/mol. The summed E-state index contributed by atoms with van der Waals surface area (Å²) in [6.45, 7) is 18.0. The maximum Gasteiger partial charge on any atom is 0.00300 e. The van der Waals surface area contributed by atoms with Gasteiger partial charge in [-0.05, 0) is 49.1 Å². The number of likely N-dealkylation sites (tertiary alicyclic amines) is 1. The van der Waals surface area contributed by atoms with E-state index in [1.54, 1.807) is 0 Å². The van der Waals surface area contributed by atoms with Gasteiger partial charge in [0.15, 0.2) is 0 Å². The van der Waals surface area contributed by atoms with E-state index in [0.29, 0.717) is 10.8 Å². The predicted octanol–water partition coefficient (Wildman–Crippen LogP) is 4.18. The second-order valence-corrected chi connectivity index (χ2v) is 8.04. The Hall–Kier alpha value is -0.0400. The zero-order valence-electron chi connectivity index (χ0n) is 12.3. The SMILES string of the molecule is CC(C)(C)CC1CCN(CC(C)(C)C)CC1. The molecule has 1 heterocycles. The topological polar surface area (TPSA) is 3.24 Å². The highest BCUT2D eigenvalue weighted by atomic mass is 15.1. The van der Waals surface area contributed by atoms with E-state index >= 15 is 0 Å². The Morgan fingerprint density at radius 2 is 1.38 bits per heavy atom. The Kier molecular flexibility index (Phi) is 4.45. The third-order valence-electron chi connectivity index (χ3n) is 3.31. The molecular formula is C15H31N. The molecule has 1 saturated heterocycles. The molecule has 1 heteroatoms. The molecule has 0 aromatic heterocycles. The van der Waals surface area contributed by atoms with Crippen molar-refractivity contribution in [3.05, 3.63) is 0 Å². The van der Waals surface area contributed by atoms with Gasteiger partial charge in [0.25, 0.3) is 0 Å². The van der Waals surface area contributed by atoms with Crippen molar-refractivity contribution in [3.63, 3.8) is 0 Å². The summed E-state index contributed by atoms with van der Waals surface area (Å²) in [4.78, 5) is 2.65. The van der Waals surface area contributed by atoms with Crippen LogP contribution in [0.1, 0.15) is 60.8 Å². The number of rotatable bonds is 2. The van der Waals surface area contributed by atoms with Crippen LogP contribution in [0.5, 0.6) is 0 Å². The summed E-state index contributed by atoms with van der Waals surface area (Å²) >= 11 is 0. The summed E-state index contributed by atoms with van der Waals surface area (Å²) in [5.74, 6) is 0.969. The lowest BCUT2D eigenvalue weighted by Crippen LogP contribution is -2.39. The first-order valence-electron chi connectivity index (χ1n) is 6.88. The summed E-state index contributed by atoms with van der Waals surface area (Å²) in [6, 6.07) is 0. The Balaban J connectivity index is 2.29. The van der Waals surface area contributed by atoms with E-state index < -0.39 is 0 Å². The van der Waals surface area contributed by atoms with Crippen LogP contribution in [-0.4, -0.2) is 24.5 Å². The van der Waals surface area contributed by atoms with Gasteiger partial charge < -0.3 is 4.90 Å². The highest BCUT2D eigenvalue weighted by Gasteiger charge is 2.25. The first-order valence-corrected chi connectivity index (χ1v) is 6.88. The lowest BCUT2D eigenvalue weighted by Gasteiger charge is -2.37. The van der Waals surface area contributed by atoms with Crippen LogP contribution in [0.25, 0.3) is 0 Å². The van der Waals surface area contributed by atoms with Crippen LogP contribution in [0.3, 0.4) is 0 Å². The fourth-order valence-corrected chi connectivity index (χ4v) is 2.89. The van der Waals surface area contributed by atoms with E-state index in [9.17, 15) is 0 Å². The molecule has 0 N–H and O–H groups in total. The minimum Gasteiger partial charge on any atom is -0.303 e. The number of nitrogens with zero attached hydrogens (tertiary/aromatic N) is 1. The van der Waals surface area contributed by atoms with Crippen molar-refractivity contribution in [2.24, 2.45) is 16.7 Å². The molecule has 1 aliphatic heterocycles. The van der Waals surface area contributed by atoms with Crippen LogP contribution < -0.4 is 0 Å². The van der Waals surface area contributed by atoms with Gasteiger partial charge in [-0.1, -0.05) is 41.5 Å². The minimum absolute atomic E-state index is 0.455. The van der Waals surface area contributed by atoms with Gasteiger partial charge in [0, 0.05) is 6.54 Å². The maximum absolute atomic E-state index is 2.65. The van der Waals surface area contributed by atoms with Gasteiger partial charge in [0.05, 0.1) is 0 Å². The molecule has 0 saturated carbocycles. The van der Waals surface area contributed by atoms with E-state index in [-0.39, 0.29) is 0 Å². The van der Waals surface area contributed by atoms with E-state index in [1.165, 1.54) is 38.9 Å². The van der Waals surface area contributed by atoms with Gasteiger partial charge in [0.1, 0.15) is 0 Å². The van der Waals surface area contributed by atoms with Crippen molar-refractivity contribution in [1.82, 2.24) is 4.90 Å². The molecule has 1 fully saturated rings. The fraction of sp³-hybridized carbons (Fsp3) is 1.00. The Morgan fingerprint density at radius 3 is 1.75 bits per heavy atom. The second kappa shape index (κ2) is 5.08. The van der Waals surface area contributed by atoms with E-state index in [0.717, 1.165) is 5.92 Å². The van der Waals surface area contributed by atoms with E-state index in [4.69, 9.17) is 0 Å². The Morgan fingerprint density at radius 1 is 0.875 bits per heavy atom. The molecule has 0 unspecified atom stereocenters. The third-order valence-corrected chi connectivity index (χ3v) is 3.31. The zero-order valence-corrected chi connectivity index (χ0v) is 12.3. The van der Waals surface area contributed by atoms with Crippen molar-refractivity contribution < 1.29 is 0 Å². The van der Waals surface area contributed by atoms with Gasteiger partial charge in [-0.3, -0.25) is 0 Å². The molecule has 0 aromatic carbocycles. The van der Waals surface area contributed by atoms with Crippen LogP contribution in [-0.2, 0) is 0 Å². The molecule has 1 rings (SSSR count). The minimum atomic E-state index is 0.455. The summed E-state index contributed by atoms with van der Waals surface area (Å²) in [6.07, 6.45) is 4.22. The van der Waals surface area contributed by atoms with Crippen molar-refractivity contribution in [3.8, 4) is 0 Å². The summed E-state index contributed by atoms with van der Waals surface area (Å²) in [5.41, 5.74) is 0.966. The third kappa shape index (κ3) is 5.89. The molecule has 96 valence electrons. The van der Waals surface area contributed by atoms with Crippen LogP contribution in [0.2, 0.25) is 0 Å². The fourth-order valence-electron chi connectivity index (χ4n) is 2.89. The first kappa shape index (κ1) is 14.0. The lowest BCUT2D eigenvalue weighted by molar-refractivity contribution is 0.118. The zero-order chi connectivity index (χ0) is 12.4. The molecule has 1 aliphatic rings. The summed E-state index contributed by atoms with van der Waals surface area (Å²) in [7, 11) is 0. The standard InChI is InChI=1S/C15H31N/c1-14(2,3)11-13-7-9-16(10-8-13)12-15(4,5)6/h13H,7-12H2,1-6H3. The molecule has 0 atom stereocenters. The Bertz CT molecular complexity index is 174. The molecule has 1 nitrogen and oxygen atoms in total. The molecule has 0 bridgehead atoms. The normalized spacial score (nSPS) is 21.4. The largest absolute Gasteiger partial charge is 0.303 e. The van der Waals surface area contributed by atoms with Gasteiger partial charge in [0.2, 0.25) is 0 Å². The number of hydrogen-bond acceptors (Lipinski definition) is 1. The smallest absolute Gasteiger partial charge is 0.00300 e. The summed E-state index contributed by atoms with van der Waals surface area (Å²) < 4.78 is 0.